The fourth-order valence-corrected chi connectivity index (χ4v) is 4.08. The minimum atomic E-state index is -3.01. The largest absolute Gasteiger partial charge is 0.434 e. The number of hydrogen-bond acceptors (Lipinski definition) is 8. The van der Waals surface area contributed by atoms with Crippen molar-refractivity contribution in [3.05, 3.63) is 65.9 Å². The maximum atomic E-state index is 13.0. The van der Waals surface area contributed by atoms with E-state index < -0.39 is 18.6 Å². The molecule has 3 aromatic rings. The zero-order valence-corrected chi connectivity index (χ0v) is 17.6. The van der Waals surface area contributed by atoms with Crippen LogP contribution >= 0.6 is 11.8 Å². The second-order valence-electron chi connectivity index (χ2n) is 6.91. The minimum absolute atomic E-state index is 0.0278. The fourth-order valence-electron chi connectivity index (χ4n) is 3.20. The number of aliphatic hydroxyl groups is 1. The van der Waals surface area contributed by atoms with E-state index in [0.717, 1.165) is 4.90 Å². The summed E-state index contributed by atoms with van der Waals surface area (Å²) in [7, 11) is 0. The second kappa shape index (κ2) is 9.51. The molecule has 2 atom stereocenters. The predicted molar refractivity (Wildman–Crippen MR) is 113 cm³/mol. The van der Waals surface area contributed by atoms with E-state index in [0.29, 0.717) is 16.9 Å². The van der Waals surface area contributed by atoms with Crippen LogP contribution in [0.25, 0.3) is 5.65 Å². The number of nitrogens with zero attached hydrogens (tertiary/aromatic N) is 3. The lowest BCUT2D eigenvalue weighted by molar-refractivity contribution is -0.0506. The van der Waals surface area contributed by atoms with Crippen molar-refractivity contribution in [2.45, 2.75) is 29.7 Å². The molecular weight excluding hydrogens is 442 g/mol. The molecule has 0 saturated heterocycles. The van der Waals surface area contributed by atoms with Crippen molar-refractivity contribution < 1.29 is 23.4 Å². The molecule has 32 heavy (non-hydrogen) atoms. The Morgan fingerprint density at radius 3 is 3.06 bits per heavy atom. The summed E-state index contributed by atoms with van der Waals surface area (Å²) in [6.45, 7) is -1.20. The van der Waals surface area contributed by atoms with Gasteiger partial charge >= 0.3 is 6.61 Å². The van der Waals surface area contributed by atoms with Crippen LogP contribution < -0.4 is 20.9 Å². The van der Waals surface area contributed by atoms with Crippen molar-refractivity contribution >= 4 is 23.3 Å². The first kappa shape index (κ1) is 22.0. The number of amides is 1. The van der Waals surface area contributed by atoms with E-state index >= 15 is 0 Å². The number of hydrazine groups is 1. The Hall–Kier alpha value is -3.22. The Bertz CT molecular complexity index is 1160. The average molecular weight is 462 g/mol. The highest BCUT2D eigenvalue weighted by atomic mass is 32.2. The van der Waals surface area contributed by atoms with Crippen LogP contribution in [0.15, 0.2) is 59.6 Å². The second-order valence-corrected chi connectivity index (χ2v) is 8.42. The molecule has 0 saturated carbocycles. The van der Waals surface area contributed by atoms with Crippen LogP contribution in [-0.2, 0) is 0 Å². The van der Waals surface area contributed by atoms with Gasteiger partial charge in [0.1, 0.15) is 11.3 Å². The van der Waals surface area contributed by atoms with Crippen molar-refractivity contribution in [2.24, 2.45) is 0 Å². The number of aliphatic hydroxyl groups excluding tert-OH is 1. The summed E-state index contributed by atoms with van der Waals surface area (Å²) in [5.41, 5.74) is 7.21. The van der Waals surface area contributed by atoms with Crippen molar-refractivity contribution in [3.63, 3.8) is 0 Å². The number of carbonyl (C=O) groups is 1. The number of benzene rings is 1. The topological polar surface area (TPSA) is 113 Å². The van der Waals surface area contributed by atoms with Crippen LogP contribution in [-0.4, -0.2) is 44.1 Å². The number of ether oxygens (including phenoxy) is 1. The summed E-state index contributed by atoms with van der Waals surface area (Å²) in [6, 6.07) is 5.80. The third-order valence-corrected chi connectivity index (χ3v) is 5.73. The van der Waals surface area contributed by atoms with E-state index in [1.807, 2.05) is 6.92 Å². The molecular formula is C20H20F2N6O3S. The standard InChI is InChI=1S/C20H20F2N6O3S/c1-11(10-29)32-12-3-4-16(31-20(21)22)13(7-12)17-15(9-24-27-17)26-19(30)14-8-25-28-6-2-5-23-18(14)28/h2-9,11,17,20,24,27,29H,10H2,1H3,(H,26,30). The molecule has 3 heterocycles. The number of alkyl halides is 2. The van der Waals surface area contributed by atoms with Gasteiger partial charge in [0.15, 0.2) is 5.65 Å². The molecule has 1 aliphatic rings. The Labute approximate surface area is 185 Å². The normalized spacial score (nSPS) is 16.7. The van der Waals surface area contributed by atoms with Crippen molar-refractivity contribution in [2.75, 3.05) is 6.61 Å². The van der Waals surface area contributed by atoms with E-state index in [1.54, 1.807) is 30.6 Å². The van der Waals surface area contributed by atoms with Crippen molar-refractivity contribution in [3.8, 4) is 5.75 Å². The molecule has 2 unspecified atom stereocenters. The first-order valence-corrected chi connectivity index (χ1v) is 10.5. The highest BCUT2D eigenvalue weighted by Gasteiger charge is 2.28. The lowest BCUT2D eigenvalue weighted by Gasteiger charge is -2.20. The maximum absolute atomic E-state index is 13.0. The summed E-state index contributed by atoms with van der Waals surface area (Å²) < 4.78 is 32.2. The fraction of sp³-hybridized carbons (Fsp3) is 0.250. The van der Waals surface area contributed by atoms with Gasteiger partial charge in [0.05, 0.1) is 24.5 Å². The summed E-state index contributed by atoms with van der Waals surface area (Å²) in [5.74, 6) is -0.476. The average Bonchev–Trinajstić information content (AvgIpc) is 3.41. The Balaban J connectivity index is 1.61. The van der Waals surface area contributed by atoms with Crippen molar-refractivity contribution in [1.29, 1.82) is 0 Å². The molecule has 0 fully saturated rings. The molecule has 4 N–H and O–H groups in total. The van der Waals surface area contributed by atoms with Crippen LogP contribution in [0.5, 0.6) is 5.75 Å². The highest BCUT2D eigenvalue weighted by Crippen LogP contribution is 2.36. The van der Waals surface area contributed by atoms with Crippen molar-refractivity contribution in [1.82, 2.24) is 30.8 Å². The number of fused-ring (bicyclic) bond motifs is 1. The van der Waals surface area contributed by atoms with Crippen LogP contribution in [0.2, 0.25) is 0 Å². The van der Waals surface area contributed by atoms with Gasteiger partial charge in [-0.1, -0.05) is 6.92 Å². The molecule has 0 radical (unpaired) electrons. The zero-order valence-electron chi connectivity index (χ0n) is 16.8. The van der Waals surface area contributed by atoms with Gasteiger partial charge in [-0.25, -0.2) is 14.9 Å². The van der Waals surface area contributed by atoms with Crippen LogP contribution in [0.1, 0.15) is 28.9 Å². The molecule has 1 aliphatic heterocycles. The molecule has 12 heteroatoms. The number of nitrogens with one attached hydrogen (secondary N) is 3. The molecule has 1 amide bonds. The van der Waals surface area contributed by atoms with E-state index in [-0.39, 0.29) is 23.2 Å². The van der Waals surface area contributed by atoms with E-state index in [2.05, 4.69) is 26.3 Å². The van der Waals surface area contributed by atoms with Crippen LogP contribution in [0.4, 0.5) is 8.78 Å². The smallest absolute Gasteiger partial charge is 0.387 e. The predicted octanol–water partition coefficient (Wildman–Crippen LogP) is 2.22. The summed E-state index contributed by atoms with van der Waals surface area (Å²) in [6.07, 6.45) is 6.16. The Kier molecular flexibility index (Phi) is 6.53. The third kappa shape index (κ3) is 4.66. The number of thioether (sulfide) groups is 1. The summed E-state index contributed by atoms with van der Waals surface area (Å²) in [4.78, 5) is 17.8. The number of aromatic nitrogens is 3. The van der Waals surface area contributed by atoms with Gasteiger partial charge in [-0.15, -0.1) is 11.8 Å². The molecule has 1 aromatic carbocycles. The lowest BCUT2D eigenvalue weighted by atomic mass is 10.0. The van der Waals surface area contributed by atoms with Gasteiger partial charge in [-0.2, -0.15) is 13.9 Å². The Morgan fingerprint density at radius 1 is 1.44 bits per heavy atom. The molecule has 9 nitrogen and oxygen atoms in total. The molecule has 0 spiro atoms. The number of rotatable bonds is 8. The number of halogens is 2. The van der Waals surface area contributed by atoms with Gasteiger partial charge in [-0.3, -0.25) is 4.79 Å². The van der Waals surface area contributed by atoms with Crippen LogP contribution in [0.3, 0.4) is 0 Å². The van der Waals surface area contributed by atoms with E-state index in [4.69, 9.17) is 4.74 Å². The lowest BCUT2D eigenvalue weighted by Crippen LogP contribution is -2.31. The third-order valence-electron chi connectivity index (χ3n) is 4.65. The monoisotopic (exact) mass is 462 g/mol. The van der Waals surface area contributed by atoms with Gasteiger partial charge in [0, 0.05) is 34.3 Å². The van der Waals surface area contributed by atoms with Gasteiger partial charge in [-0.05, 0) is 24.3 Å². The van der Waals surface area contributed by atoms with E-state index in [9.17, 15) is 18.7 Å². The SMILES string of the molecule is CC(CO)Sc1ccc(OC(F)F)c(C2NNC=C2NC(=O)c2cnn3cccnc23)c1. The zero-order chi connectivity index (χ0) is 22.7. The molecule has 0 aliphatic carbocycles. The first-order valence-electron chi connectivity index (χ1n) is 9.63. The number of hydrogen-bond donors (Lipinski definition) is 4. The molecule has 2 aromatic heterocycles. The summed E-state index contributed by atoms with van der Waals surface area (Å²) >= 11 is 1.39. The maximum Gasteiger partial charge on any atom is 0.387 e. The molecule has 168 valence electrons. The first-order chi connectivity index (χ1) is 15.5. The van der Waals surface area contributed by atoms with Gasteiger partial charge < -0.3 is 20.6 Å². The quantitative estimate of drug-likeness (QED) is 0.377. The highest BCUT2D eigenvalue weighted by molar-refractivity contribution is 8.00. The molecule has 4 rings (SSSR count). The van der Waals surface area contributed by atoms with Gasteiger partial charge in [0.2, 0.25) is 0 Å². The van der Waals surface area contributed by atoms with Gasteiger partial charge in [0.25, 0.3) is 5.91 Å². The molecule has 0 bridgehead atoms. The Morgan fingerprint density at radius 2 is 2.28 bits per heavy atom. The number of carbonyl (C=O) groups excluding carboxylic acids is 1. The van der Waals surface area contributed by atoms with E-state index in [1.165, 1.54) is 34.7 Å². The minimum Gasteiger partial charge on any atom is -0.434 e. The van der Waals surface area contributed by atoms with Crippen LogP contribution in [0, 0.1) is 0 Å². The summed E-state index contributed by atoms with van der Waals surface area (Å²) in [5, 5.41) is 16.1.